The van der Waals surface area contributed by atoms with Crippen LogP contribution in [0.1, 0.15) is 5.69 Å². The van der Waals surface area contributed by atoms with Crippen LogP contribution in [0.4, 0.5) is 0 Å². The van der Waals surface area contributed by atoms with Gasteiger partial charge in [-0.15, -0.1) is 0 Å². The summed E-state index contributed by atoms with van der Waals surface area (Å²) in [6, 6.07) is 0. The average Bonchev–Trinajstić information content (AvgIpc) is 2.37. The van der Waals surface area contributed by atoms with E-state index in [1.807, 2.05) is 0 Å². The fourth-order valence-corrected chi connectivity index (χ4v) is 0.390. The van der Waals surface area contributed by atoms with Gasteiger partial charge in [0.25, 0.3) is 0 Å². The van der Waals surface area contributed by atoms with E-state index in [0.717, 1.165) is 0 Å². The van der Waals surface area contributed by atoms with Gasteiger partial charge in [0.15, 0.2) is 12.2 Å². The Balaban J connectivity index is 2.90. The van der Waals surface area contributed by atoms with E-state index in [9.17, 15) is 0 Å². The van der Waals surface area contributed by atoms with Crippen molar-refractivity contribution in [3.63, 3.8) is 0 Å². The average molecular weight is 127 g/mol. The maximum Gasteiger partial charge on any atom is 0.192 e. The SMILES string of the molecule is NC(=NO)c1cocn1. The number of aromatic nitrogens is 1. The summed E-state index contributed by atoms with van der Waals surface area (Å²) in [7, 11) is 0. The quantitative estimate of drug-likeness (QED) is 0.236. The number of amidine groups is 1. The van der Waals surface area contributed by atoms with Gasteiger partial charge in [-0.1, -0.05) is 5.16 Å². The molecule has 0 aliphatic rings. The molecule has 1 aromatic heterocycles. The number of nitrogens with two attached hydrogens (primary N) is 1. The molecule has 0 radical (unpaired) electrons. The van der Waals surface area contributed by atoms with Crippen molar-refractivity contribution in [1.29, 1.82) is 0 Å². The predicted molar refractivity (Wildman–Crippen MR) is 29.0 cm³/mol. The molecule has 1 aromatic rings. The van der Waals surface area contributed by atoms with Crippen LogP contribution in [-0.4, -0.2) is 16.0 Å². The topological polar surface area (TPSA) is 84.6 Å². The van der Waals surface area contributed by atoms with Crippen molar-refractivity contribution >= 4 is 5.84 Å². The van der Waals surface area contributed by atoms with Gasteiger partial charge in [0.1, 0.15) is 12.0 Å². The first-order valence-corrected chi connectivity index (χ1v) is 2.20. The fraction of sp³-hybridized carbons (Fsp3) is 0. The van der Waals surface area contributed by atoms with Crippen LogP contribution in [0, 0.1) is 0 Å². The minimum atomic E-state index is -0.0521. The van der Waals surface area contributed by atoms with Gasteiger partial charge in [-0.05, 0) is 0 Å². The molecule has 0 aliphatic heterocycles. The van der Waals surface area contributed by atoms with Gasteiger partial charge < -0.3 is 15.4 Å². The molecule has 0 fully saturated rings. The van der Waals surface area contributed by atoms with Gasteiger partial charge in [0.2, 0.25) is 0 Å². The van der Waals surface area contributed by atoms with E-state index in [2.05, 4.69) is 14.6 Å². The predicted octanol–water partition coefficient (Wildman–Crippen LogP) is -0.231. The molecule has 1 heterocycles. The van der Waals surface area contributed by atoms with E-state index in [0.29, 0.717) is 5.69 Å². The van der Waals surface area contributed by atoms with Gasteiger partial charge in [-0.25, -0.2) is 4.98 Å². The Morgan fingerprint density at radius 3 is 3.11 bits per heavy atom. The van der Waals surface area contributed by atoms with Crippen LogP contribution in [0.25, 0.3) is 0 Å². The minimum absolute atomic E-state index is 0.0521. The number of hydrogen-bond acceptors (Lipinski definition) is 4. The second kappa shape index (κ2) is 2.17. The highest BCUT2D eigenvalue weighted by Gasteiger charge is 1.99. The van der Waals surface area contributed by atoms with Crippen LogP contribution in [0.2, 0.25) is 0 Å². The second-order valence-corrected chi connectivity index (χ2v) is 1.36. The molecule has 0 aliphatic carbocycles. The summed E-state index contributed by atoms with van der Waals surface area (Å²) >= 11 is 0. The molecule has 0 aromatic carbocycles. The molecule has 0 amide bonds. The van der Waals surface area contributed by atoms with Crippen molar-refractivity contribution < 1.29 is 9.62 Å². The van der Waals surface area contributed by atoms with Gasteiger partial charge >= 0.3 is 0 Å². The van der Waals surface area contributed by atoms with Gasteiger partial charge in [-0.2, -0.15) is 0 Å². The molecule has 0 unspecified atom stereocenters. The number of rotatable bonds is 1. The summed E-state index contributed by atoms with van der Waals surface area (Å²) in [6.45, 7) is 0. The first-order chi connectivity index (χ1) is 4.34. The van der Waals surface area contributed by atoms with E-state index in [1.54, 1.807) is 0 Å². The second-order valence-electron chi connectivity index (χ2n) is 1.36. The molecule has 0 saturated heterocycles. The highest BCUT2D eigenvalue weighted by atomic mass is 16.4. The lowest BCUT2D eigenvalue weighted by Crippen LogP contribution is -2.12. The molecular formula is C4H5N3O2. The lowest BCUT2D eigenvalue weighted by atomic mass is 10.5. The first kappa shape index (κ1) is 5.61. The van der Waals surface area contributed by atoms with Crippen molar-refractivity contribution in [1.82, 2.24) is 4.98 Å². The Morgan fingerprint density at radius 1 is 1.89 bits per heavy atom. The fourth-order valence-electron chi connectivity index (χ4n) is 0.390. The van der Waals surface area contributed by atoms with E-state index in [-0.39, 0.29) is 5.84 Å². The minimum Gasteiger partial charge on any atom is -0.451 e. The van der Waals surface area contributed by atoms with Crippen molar-refractivity contribution in [3.8, 4) is 0 Å². The largest absolute Gasteiger partial charge is 0.451 e. The molecular weight excluding hydrogens is 122 g/mol. The van der Waals surface area contributed by atoms with Crippen LogP contribution >= 0.6 is 0 Å². The zero-order valence-electron chi connectivity index (χ0n) is 4.48. The molecule has 3 N–H and O–H groups in total. The van der Waals surface area contributed by atoms with E-state index in [4.69, 9.17) is 10.9 Å². The monoisotopic (exact) mass is 127 g/mol. The summed E-state index contributed by atoms with van der Waals surface area (Å²) in [5.41, 5.74) is 5.45. The van der Waals surface area contributed by atoms with Crippen molar-refractivity contribution in [3.05, 3.63) is 18.4 Å². The lowest BCUT2D eigenvalue weighted by molar-refractivity contribution is 0.318. The van der Waals surface area contributed by atoms with Crippen molar-refractivity contribution in [2.24, 2.45) is 10.9 Å². The Kier molecular flexibility index (Phi) is 1.35. The third-order valence-electron chi connectivity index (χ3n) is 0.802. The summed E-state index contributed by atoms with van der Waals surface area (Å²) < 4.78 is 4.55. The number of oxazole rings is 1. The maximum atomic E-state index is 8.09. The Morgan fingerprint density at radius 2 is 2.67 bits per heavy atom. The van der Waals surface area contributed by atoms with Gasteiger partial charge in [0.05, 0.1) is 0 Å². The Labute approximate surface area is 50.8 Å². The van der Waals surface area contributed by atoms with Crippen molar-refractivity contribution in [2.45, 2.75) is 0 Å². The smallest absolute Gasteiger partial charge is 0.192 e. The summed E-state index contributed by atoms with van der Waals surface area (Å²) in [5.74, 6) is -0.0521. The number of oxime groups is 1. The van der Waals surface area contributed by atoms with Crippen LogP contribution < -0.4 is 5.73 Å². The maximum absolute atomic E-state index is 8.09. The third-order valence-corrected chi connectivity index (χ3v) is 0.802. The summed E-state index contributed by atoms with van der Waals surface area (Å²) in [6.07, 6.45) is 2.49. The number of hydrogen-bond donors (Lipinski definition) is 2. The molecule has 0 saturated carbocycles. The lowest BCUT2D eigenvalue weighted by Gasteiger charge is -1.85. The van der Waals surface area contributed by atoms with Crippen molar-refractivity contribution in [2.75, 3.05) is 0 Å². The zero-order valence-corrected chi connectivity index (χ0v) is 4.48. The third kappa shape index (κ3) is 0.987. The van der Waals surface area contributed by atoms with Crippen LogP contribution in [-0.2, 0) is 0 Å². The highest BCUT2D eigenvalue weighted by molar-refractivity contribution is 5.94. The molecule has 48 valence electrons. The van der Waals surface area contributed by atoms with Crippen LogP contribution in [0.15, 0.2) is 22.2 Å². The summed E-state index contributed by atoms with van der Waals surface area (Å²) in [5, 5.41) is 10.8. The Bertz CT molecular complexity index is 204. The molecule has 1 rings (SSSR count). The molecule has 0 atom stereocenters. The van der Waals surface area contributed by atoms with Gasteiger partial charge in [-0.3, -0.25) is 0 Å². The molecule has 5 nitrogen and oxygen atoms in total. The molecule has 0 bridgehead atoms. The molecule has 0 spiro atoms. The summed E-state index contributed by atoms with van der Waals surface area (Å²) in [4.78, 5) is 3.60. The molecule has 5 heteroatoms. The normalized spacial score (nSPS) is 11.8. The first-order valence-electron chi connectivity index (χ1n) is 2.20. The zero-order chi connectivity index (χ0) is 6.69. The standard InChI is InChI=1S/C4H5N3O2/c5-4(7-8)3-1-9-2-6-3/h1-2,8H,(H2,5,7). The highest BCUT2D eigenvalue weighted by Crippen LogP contribution is 1.91. The van der Waals surface area contributed by atoms with Gasteiger partial charge in [0, 0.05) is 0 Å². The van der Waals surface area contributed by atoms with E-state index in [1.165, 1.54) is 12.7 Å². The Hall–Kier alpha value is -1.52. The van der Waals surface area contributed by atoms with E-state index < -0.39 is 0 Å². The van der Waals surface area contributed by atoms with E-state index >= 15 is 0 Å². The molecule has 9 heavy (non-hydrogen) atoms. The van der Waals surface area contributed by atoms with Crippen LogP contribution in [0.5, 0.6) is 0 Å². The van der Waals surface area contributed by atoms with Crippen LogP contribution in [0.3, 0.4) is 0 Å². The number of nitrogens with zero attached hydrogens (tertiary/aromatic N) is 2.